The molecular weight excluding hydrogens is 444 g/mol. The molecule has 0 aromatic heterocycles. The third-order valence-electron chi connectivity index (χ3n) is 4.12. The molecule has 0 aliphatic heterocycles. The summed E-state index contributed by atoms with van der Waals surface area (Å²) in [6.45, 7) is 4.47. The van der Waals surface area contributed by atoms with Crippen molar-refractivity contribution in [3.8, 4) is 17.2 Å². The fourth-order valence-electron chi connectivity index (χ4n) is 2.70. The first-order valence-electron chi connectivity index (χ1n) is 10.7. The standard InChI is InChI=1S/C24H28N2O8/c1-3-31-20-13-18(14-21(15-20)32-4-2)6-5-17-7-9-19(10-8-17)34-24(30)33-12-11-25-22(27)16-26-23(28)29/h5-10,13-15,26H,3-4,11-12,16H2,1-2H3,(H,25,27)(H,28,29)/b6-5+. The summed E-state index contributed by atoms with van der Waals surface area (Å²) in [4.78, 5) is 33.4. The molecule has 0 aliphatic carbocycles. The van der Waals surface area contributed by atoms with Crippen molar-refractivity contribution in [3.05, 3.63) is 53.6 Å². The summed E-state index contributed by atoms with van der Waals surface area (Å²) >= 11 is 0. The molecule has 0 spiro atoms. The highest BCUT2D eigenvalue weighted by molar-refractivity contribution is 5.81. The summed E-state index contributed by atoms with van der Waals surface area (Å²) in [5.74, 6) is 1.22. The molecule has 0 unspecified atom stereocenters. The van der Waals surface area contributed by atoms with Gasteiger partial charge in [0.05, 0.1) is 26.3 Å². The molecule has 0 fully saturated rings. The Morgan fingerprint density at radius 2 is 1.47 bits per heavy atom. The van der Waals surface area contributed by atoms with Crippen LogP contribution >= 0.6 is 0 Å². The van der Waals surface area contributed by atoms with Gasteiger partial charge < -0.3 is 34.7 Å². The SMILES string of the molecule is CCOc1cc(/C=C/c2ccc(OC(=O)OCCNC(=O)CNC(=O)O)cc2)cc(OCC)c1. The number of rotatable bonds is 12. The summed E-state index contributed by atoms with van der Waals surface area (Å²) in [7, 11) is 0. The average Bonchev–Trinajstić information content (AvgIpc) is 2.80. The van der Waals surface area contributed by atoms with Gasteiger partial charge in [0, 0.05) is 6.07 Å². The van der Waals surface area contributed by atoms with Crippen molar-refractivity contribution in [2.24, 2.45) is 0 Å². The lowest BCUT2D eigenvalue weighted by Crippen LogP contribution is -2.37. The fourth-order valence-corrected chi connectivity index (χ4v) is 2.70. The topological polar surface area (TPSA) is 132 Å². The molecule has 2 rings (SSSR count). The Balaban J connectivity index is 1.82. The van der Waals surface area contributed by atoms with E-state index < -0.39 is 18.2 Å². The number of hydrogen-bond donors (Lipinski definition) is 3. The Labute approximate surface area is 197 Å². The summed E-state index contributed by atoms with van der Waals surface area (Å²) < 4.78 is 21.1. The van der Waals surface area contributed by atoms with Gasteiger partial charge in [-0.15, -0.1) is 0 Å². The zero-order valence-corrected chi connectivity index (χ0v) is 19.0. The number of nitrogens with one attached hydrogen (secondary N) is 2. The molecule has 0 aliphatic rings. The van der Waals surface area contributed by atoms with E-state index in [0.29, 0.717) is 19.0 Å². The van der Waals surface area contributed by atoms with Crippen LogP contribution in [0.3, 0.4) is 0 Å². The maximum Gasteiger partial charge on any atom is 0.513 e. The van der Waals surface area contributed by atoms with Gasteiger partial charge in [-0.05, 0) is 49.2 Å². The third kappa shape index (κ3) is 9.94. The van der Waals surface area contributed by atoms with Crippen LogP contribution < -0.4 is 24.8 Å². The van der Waals surface area contributed by atoms with Crippen LogP contribution in [0.2, 0.25) is 0 Å². The zero-order valence-electron chi connectivity index (χ0n) is 19.0. The molecule has 2 amide bonds. The average molecular weight is 472 g/mol. The predicted octanol–water partition coefficient (Wildman–Crippen LogP) is 3.55. The van der Waals surface area contributed by atoms with Gasteiger partial charge in [-0.3, -0.25) is 4.79 Å². The second kappa shape index (κ2) is 14.0. The van der Waals surface area contributed by atoms with Gasteiger partial charge in [-0.1, -0.05) is 24.3 Å². The molecule has 0 radical (unpaired) electrons. The van der Waals surface area contributed by atoms with Crippen molar-refractivity contribution < 1.29 is 38.4 Å². The highest BCUT2D eigenvalue weighted by atomic mass is 16.7. The van der Waals surface area contributed by atoms with Crippen LogP contribution in [0.4, 0.5) is 9.59 Å². The first kappa shape index (κ1) is 26.0. The lowest BCUT2D eigenvalue weighted by molar-refractivity contribution is -0.120. The van der Waals surface area contributed by atoms with Crippen LogP contribution in [0.5, 0.6) is 17.2 Å². The van der Waals surface area contributed by atoms with E-state index >= 15 is 0 Å². The van der Waals surface area contributed by atoms with Crippen molar-refractivity contribution in [2.75, 3.05) is 32.9 Å². The molecule has 0 atom stereocenters. The lowest BCUT2D eigenvalue weighted by atomic mass is 10.1. The minimum atomic E-state index is -1.30. The molecule has 10 nitrogen and oxygen atoms in total. The lowest BCUT2D eigenvalue weighted by Gasteiger charge is -2.09. The maximum absolute atomic E-state index is 11.8. The van der Waals surface area contributed by atoms with Gasteiger partial charge in [0.25, 0.3) is 0 Å². The molecule has 0 heterocycles. The van der Waals surface area contributed by atoms with Gasteiger partial charge in [0.2, 0.25) is 5.91 Å². The minimum absolute atomic E-state index is 0.0223. The van der Waals surface area contributed by atoms with Gasteiger partial charge in [-0.25, -0.2) is 9.59 Å². The highest BCUT2D eigenvalue weighted by Crippen LogP contribution is 2.25. The second-order valence-corrected chi connectivity index (χ2v) is 6.72. The molecule has 182 valence electrons. The Morgan fingerprint density at radius 3 is 2.06 bits per heavy atom. The molecule has 0 saturated heterocycles. The number of carbonyl (C=O) groups excluding carboxylic acids is 2. The van der Waals surface area contributed by atoms with Crippen LogP contribution in [0.15, 0.2) is 42.5 Å². The Hall–Kier alpha value is -4.21. The van der Waals surface area contributed by atoms with Gasteiger partial charge >= 0.3 is 12.2 Å². The summed E-state index contributed by atoms with van der Waals surface area (Å²) in [5, 5.41) is 12.7. The largest absolute Gasteiger partial charge is 0.513 e. The van der Waals surface area contributed by atoms with E-state index in [9.17, 15) is 14.4 Å². The van der Waals surface area contributed by atoms with E-state index in [1.165, 1.54) is 0 Å². The van der Waals surface area contributed by atoms with Crippen molar-refractivity contribution in [3.63, 3.8) is 0 Å². The molecule has 10 heteroatoms. The number of hydrogen-bond acceptors (Lipinski definition) is 7. The molecule has 0 saturated carbocycles. The summed E-state index contributed by atoms with van der Waals surface area (Å²) in [6.07, 6.45) is 1.61. The molecule has 2 aromatic carbocycles. The Morgan fingerprint density at radius 1 is 0.853 bits per heavy atom. The van der Waals surface area contributed by atoms with E-state index in [4.69, 9.17) is 24.1 Å². The number of carbonyl (C=O) groups is 3. The van der Waals surface area contributed by atoms with Crippen LogP contribution in [0, 0.1) is 0 Å². The summed E-state index contributed by atoms with van der Waals surface area (Å²) in [6, 6.07) is 12.5. The Kier molecular flexibility index (Phi) is 10.8. The predicted molar refractivity (Wildman–Crippen MR) is 125 cm³/mol. The van der Waals surface area contributed by atoms with Crippen LogP contribution in [0.25, 0.3) is 12.2 Å². The molecule has 2 aromatic rings. The van der Waals surface area contributed by atoms with Crippen LogP contribution in [0.1, 0.15) is 25.0 Å². The van der Waals surface area contributed by atoms with Crippen LogP contribution in [-0.4, -0.2) is 56.2 Å². The van der Waals surface area contributed by atoms with Crippen LogP contribution in [-0.2, 0) is 9.53 Å². The van der Waals surface area contributed by atoms with E-state index in [0.717, 1.165) is 22.6 Å². The molecular formula is C24H28N2O8. The first-order chi connectivity index (χ1) is 16.4. The van der Waals surface area contributed by atoms with Crippen molar-refractivity contribution in [1.29, 1.82) is 0 Å². The molecule has 3 N–H and O–H groups in total. The second-order valence-electron chi connectivity index (χ2n) is 6.72. The minimum Gasteiger partial charge on any atom is -0.494 e. The fraction of sp³-hybridized carbons (Fsp3) is 0.292. The highest BCUT2D eigenvalue weighted by Gasteiger charge is 2.07. The van der Waals surface area contributed by atoms with E-state index in [1.54, 1.807) is 24.3 Å². The number of amides is 2. The maximum atomic E-state index is 11.8. The van der Waals surface area contributed by atoms with Crippen molar-refractivity contribution in [2.45, 2.75) is 13.8 Å². The number of benzene rings is 2. The monoisotopic (exact) mass is 472 g/mol. The molecule has 0 bridgehead atoms. The van der Waals surface area contributed by atoms with Crippen molar-refractivity contribution in [1.82, 2.24) is 10.6 Å². The van der Waals surface area contributed by atoms with Crippen molar-refractivity contribution >= 4 is 30.3 Å². The Bertz CT molecular complexity index is 965. The molecule has 34 heavy (non-hydrogen) atoms. The third-order valence-corrected chi connectivity index (χ3v) is 4.12. The summed E-state index contributed by atoms with van der Waals surface area (Å²) in [5.41, 5.74) is 1.81. The number of carboxylic acid groups (broad SMARTS) is 1. The zero-order chi connectivity index (χ0) is 24.8. The van der Waals surface area contributed by atoms with E-state index in [-0.39, 0.29) is 19.7 Å². The number of ether oxygens (including phenoxy) is 4. The van der Waals surface area contributed by atoms with E-state index in [2.05, 4.69) is 5.32 Å². The van der Waals surface area contributed by atoms with Gasteiger partial charge in [0.15, 0.2) is 0 Å². The van der Waals surface area contributed by atoms with Gasteiger partial charge in [0.1, 0.15) is 23.9 Å². The normalized spacial score (nSPS) is 10.4. The quantitative estimate of drug-likeness (QED) is 0.185. The first-order valence-corrected chi connectivity index (χ1v) is 10.7. The van der Waals surface area contributed by atoms with Gasteiger partial charge in [-0.2, -0.15) is 0 Å². The smallest absolute Gasteiger partial charge is 0.494 e. The van der Waals surface area contributed by atoms with E-state index in [1.807, 2.05) is 49.5 Å².